The molecule has 122 valence electrons. The Labute approximate surface area is 145 Å². The zero-order chi connectivity index (χ0) is 16.4. The van der Waals surface area contributed by atoms with Crippen LogP contribution in [-0.2, 0) is 11.2 Å². The minimum atomic E-state index is -0.478. The summed E-state index contributed by atoms with van der Waals surface area (Å²) in [4.78, 5) is 14.5. The van der Waals surface area contributed by atoms with Crippen molar-refractivity contribution in [3.63, 3.8) is 0 Å². The van der Waals surface area contributed by atoms with Gasteiger partial charge in [0.2, 0.25) is 0 Å². The summed E-state index contributed by atoms with van der Waals surface area (Å²) in [5.74, 6) is 0.663. The first kappa shape index (κ1) is 16.3. The van der Waals surface area contributed by atoms with Crippen molar-refractivity contribution in [2.75, 3.05) is 20.6 Å². The van der Waals surface area contributed by atoms with E-state index in [0.29, 0.717) is 18.0 Å². The number of fused-ring (bicyclic) bond motifs is 1. The number of halogens is 1. The number of hydrogen-bond acceptors (Lipinski definition) is 4. The lowest BCUT2D eigenvalue weighted by atomic mass is 10.1. The summed E-state index contributed by atoms with van der Waals surface area (Å²) in [6, 6.07) is 7.70. The van der Waals surface area contributed by atoms with E-state index in [4.69, 9.17) is 16.3 Å². The molecular formula is C17H19ClN2O2S. The summed E-state index contributed by atoms with van der Waals surface area (Å²) in [5, 5.41) is 7.84. The fourth-order valence-electron chi connectivity index (χ4n) is 2.74. The quantitative estimate of drug-likeness (QED) is 0.900. The second-order valence-electron chi connectivity index (χ2n) is 5.84. The van der Waals surface area contributed by atoms with Crippen molar-refractivity contribution in [1.82, 2.24) is 10.2 Å². The van der Waals surface area contributed by atoms with E-state index in [9.17, 15) is 4.79 Å². The Bertz CT molecular complexity index is 688. The topological polar surface area (TPSA) is 41.6 Å². The predicted octanol–water partition coefficient (Wildman–Crippen LogP) is 3.12. The zero-order valence-corrected chi connectivity index (χ0v) is 14.7. The molecule has 0 fully saturated rings. The molecular weight excluding hydrogens is 332 g/mol. The van der Waals surface area contributed by atoms with Crippen molar-refractivity contribution in [1.29, 1.82) is 0 Å². The second-order valence-corrected chi connectivity index (χ2v) is 7.06. The third-order valence-electron chi connectivity index (χ3n) is 4.01. The molecule has 6 heteroatoms. The van der Waals surface area contributed by atoms with Gasteiger partial charge in [0.05, 0.1) is 6.04 Å². The Kier molecular flexibility index (Phi) is 4.90. The maximum atomic E-state index is 12.4. The van der Waals surface area contributed by atoms with Crippen molar-refractivity contribution in [3.8, 4) is 5.75 Å². The number of benzene rings is 1. The third kappa shape index (κ3) is 3.68. The number of thiophene rings is 1. The SMILES string of the molecule is CN(C)[C@H](CNC(=O)[C@H]1Cc2cc(Cl)ccc2O1)c1ccsc1. The van der Waals surface area contributed by atoms with Crippen LogP contribution < -0.4 is 10.1 Å². The van der Waals surface area contributed by atoms with Gasteiger partial charge < -0.3 is 15.0 Å². The largest absolute Gasteiger partial charge is 0.480 e. The van der Waals surface area contributed by atoms with E-state index < -0.39 is 6.10 Å². The standard InChI is InChI=1S/C17H19ClN2O2S/c1-20(2)14(11-5-6-23-10-11)9-19-17(21)16-8-12-7-13(18)3-4-15(12)22-16/h3-7,10,14,16H,8-9H2,1-2H3,(H,19,21)/t14-,16-/m1/s1. The molecule has 2 aromatic rings. The predicted molar refractivity (Wildman–Crippen MR) is 93.3 cm³/mol. The van der Waals surface area contributed by atoms with Gasteiger partial charge in [0.15, 0.2) is 6.10 Å². The molecule has 1 aromatic carbocycles. The first-order valence-corrected chi connectivity index (χ1v) is 8.78. The van der Waals surface area contributed by atoms with Gasteiger partial charge in [0.25, 0.3) is 5.91 Å². The number of carbonyl (C=O) groups excluding carboxylic acids is 1. The molecule has 0 saturated carbocycles. The Morgan fingerprint density at radius 3 is 3.00 bits per heavy atom. The lowest BCUT2D eigenvalue weighted by Crippen LogP contribution is -2.41. The monoisotopic (exact) mass is 350 g/mol. The fraction of sp³-hybridized carbons (Fsp3) is 0.353. The van der Waals surface area contributed by atoms with Gasteiger partial charge in [-0.2, -0.15) is 11.3 Å². The van der Waals surface area contributed by atoms with E-state index in [1.165, 1.54) is 5.56 Å². The Morgan fingerprint density at radius 2 is 2.30 bits per heavy atom. The van der Waals surface area contributed by atoms with E-state index in [-0.39, 0.29) is 11.9 Å². The summed E-state index contributed by atoms with van der Waals surface area (Å²) in [5.41, 5.74) is 2.20. The molecule has 2 heterocycles. The number of hydrogen-bond donors (Lipinski definition) is 1. The molecule has 3 rings (SSSR count). The molecule has 1 amide bonds. The second kappa shape index (κ2) is 6.91. The van der Waals surface area contributed by atoms with E-state index in [1.54, 1.807) is 17.4 Å². The number of nitrogens with zero attached hydrogens (tertiary/aromatic N) is 1. The van der Waals surface area contributed by atoms with Crippen LogP contribution in [0.25, 0.3) is 0 Å². The number of likely N-dealkylation sites (N-methyl/N-ethyl adjacent to an activating group) is 1. The maximum absolute atomic E-state index is 12.4. The van der Waals surface area contributed by atoms with E-state index in [2.05, 4.69) is 21.7 Å². The average Bonchev–Trinajstić information content (AvgIpc) is 3.15. The molecule has 0 bridgehead atoms. The molecule has 2 atom stereocenters. The zero-order valence-electron chi connectivity index (χ0n) is 13.1. The number of carbonyl (C=O) groups is 1. The number of rotatable bonds is 5. The number of ether oxygens (including phenoxy) is 1. The van der Waals surface area contributed by atoms with Crippen LogP contribution in [-0.4, -0.2) is 37.6 Å². The first-order chi connectivity index (χ1) is 11.0. The Morgan fingerprint density at radius 1 is 1.48 bits per heavy atom. The Balaban J connectivity index is 1.60. The molecule has 1 aromatic heterocycles. The molecule has 0 radical (unpaired) electrons. The van der Waals surface area contributed by atoms with Gasteiger partial charge in [0, 0.05) is 18.0 Å². The summed E-state index contributed by atoms with van der Waals surface area (Å²) in [6.07, 6.45) is 0.0843. The lowest BCUT2D eigenvalue weighted by molar-refractivity contribution is -0.127. The molecule has 1 aliphatic heterocycles. The highest BCUT2D eigenvalue weighted by Gasteiger charge is 2.29. The Hall–Kier alpha value is -1.56. The fourth-order valence-corrected chi connectivity index (χ4v) is 3.64. The third-order valence-corrected chi connectivity index (χ3v) is 4.95. The lowest BCUT2D eigenvalue weighted by Gasteiger charge is -2.24. The van der Waals surface area contributed by atoms with E-state index >= 15 is 0 Å². The van der Waals surface area contributed by atoms with Gasteiger partial charge in [-0.15, -0.1) is 0 Å². The summed E-state index contributed by atoms with van der Waals surface area (Å²) in [7, 11) is 4.02. The van der Waals surface area contributed by atoms with Gasteiger partial charge in [-0.3, -0.25) is 4.79 Å². The molecule has 4 nitrogen and oxygen atoms in total. The summed E-state index contributed by atoms with van der Waals surface area (Å²) >= 11 is 7.65. The molecule has 23 heavy (non-hydrogen) atoms. The van der Waals surface area contributed by atoms with Crippen LogP contribution >= 0.6 is 22.9 Å². The van der Waals surface area contributed by atoms with Crippen LogP contribution in [0.1, 0.15) is 17.2 Å². The smallest absolute Gasteiger partial charge is 0.261 e. The van der Waals surface area contributed by atoms with E-state index in [1.807, 2.05) is 31.6 Å². The maximum Gasteiger partial charge on any atom is 0.261 e. The highest BCUT2D eigenvalue weighted by Crippen LogP contribution is 2.31. The van der Waals surface area contributed by atoms with Crippen LogP contribution in [0, 0.1) is 0 Å². The van der Waals surface area contributed by atoms with Gasteiger partial charge in [0.1, 0.15) is 5.75 Å². The van der Waals surface area contributed by atoms with Crippen molar-refractivity contribution >= 4 is 28.8 Å². The van der Waals surface area contributed by atoms with Crippen molar-refractivity contribution in [2.24, 2.45) is 0 Å². The average molecular weight is 351 g/mol. The number of amides is 1. The highest BCUT2D eigenvalue weighted by atomic mass is 35.5. The van der Waals surface area contributed by atoms with E-state index in [0.717, 1.165) is 11.3 Å². The van der Waals surface area contributed by atoms with Gasteiger partial charge >= 0.3 is 0 Å². The van der Waals surface area contributed by atoms with Crippen molar-refractivity contribution in [3.05, 3.63) is 51.2 Å². The van der Waals surface area contributed by atoms with Gasteiger partial charge in [-0.05, 0) is 60.2 Å². The normalized spacial score (nSPS) is 17.7. The summed E-state index contributed by atoms with van der Waals surface area (Å²) < 4.78 is 5.72. The number of nitrogens with one attached hydrogen (secondary N) is 1. The van der Waals surface area contributed by atoms with Gasteiger partial charge in [-0.25, -0.2) is 0 Å². The van der Waals surface area contributed by atoms with Crippen LogP contribution in [0.3, 0.4) is 0 Å². The molecule has 0 spiro atoms. The first-order valence-electron chi connectivity index (χ1n) is 7.46. The minimum Gasteiger partial charge on any atom is -0.480 e. The molecule has 0 saturated heterocycles. The highest BCUT2D eigenvalue weighted by molar-refractivity contribution is 7.07. The minimum absolute atomic E-state index is 0.0839. The molecule has 0 unspecified atom stereocenters. The molecule has 0 aliphatic carbocycles. The van der Waals surface area contributed by atoms with Crippen LogP contribution in [0.2, 0.25) is 5.02 Å². The van der Waals surface area contributed by atoms with Crippen LogP contribution in [0.15, 0.2) is 35.0 Å². The summed E-state index contributed by atoms with van der Waals surface area (Å²) in [6.45, 7) is 0.555. The van der Waals surface area contributed by atoms with Crippen LogP contribution in [0.5, 0.6) is 5.75 Å². The molecule has 1 N–H and O–H groups in total. The van der Waals surface area contributed by atoms with Gasteiger partial charge in [-0.1, -0.05) is 11.6 Å². The van der Waals surface area contributed by atoms with Crippen molar-refractivity contribution < 1.29 is 9.53 Å². The van der Waals surface area contributed by atoms with Crippen molar-refractivity contribution in [2.45, 2.75) is 18.6 Å². The molecule has 1 aliphatic rings. The van der Waals surface area contributed by atoms with Crippen LogP contribution in [0.4, 0.5) is 0 Å².